The van der Waals surface area contributed by atoms with Crippen LogP contribution in [0.1, 0.15) is 28.4 Å². The maximum Gasteiger partial charge on any atom is 0.197 e. The second-order valence-electron chi connectivity index (χ2n) is 9.73. The monoisotopic (exact) mass is 568 g/mol. The van der Waals surface area contributed by atoms with E-state index in [0.717, 1.165) is 0 Å². The number of methoxy groups -OCH3 is 2. The smallest absolute Gasteiger partial charge is 0.197 e. The molecule has 5 aromatic rings. The van der Waals surface area contributed by atoms with Crippen LogP contribution in [0.3, 0.4) is 0 Å². The van der Waals surface area contributed by atoms with E-state index in [1.807, 2.05) is 0 Å². The topological polar surface area (TPSA) is 156 Å². The number of carbonyl (C=O) groups is 1. The number of carbonyl (C=O) groups excluding carboxylic acids is 1. The number of aromatic hydroxyl groups is 4. The summed E-state index contributed by atoms with van der Waals surface area (Å²) in [5, 5.41) is 42.3. The van der Waals surface area contributed by atoms with Gasteiger partial charge in [0.25, 0.3) is 0 Å². The van der Waals surface area contributed by atoms with Gasteiger partial charge in [-0.2, -0.15) is 0 Å². The van der Waals surface area contributed by atoms with E-state index in [1.54, 1.807) is 24.3 Å². The molecule has 0 spiro atoms. The quantitative estimate of drug-likeness (QED) is 0.208. The Morgan fingerprint density at radius 1 is 0.810 bits per heavy atom. The lowest BCUT2D eigenvalue weighted by molar-refractivity contribution is 0.0845. The molecule has 1 atom stereocenters. The molecule has 42 heavy (non-hydrogen) atoms. The number of rotatable bonds is 5. The molecule has 0 saturated heterocycles. The van der Waals surface area contributed by atoms with Gasteiger partial charge in [0.05, 0.1) is 26.2 Å². The van der Waals surface area contributed by atoms with E-state index in [9.17, 15) is 30.0 Å². The molecular weight excluding hydrogens is 544 g/mol. The van der Waals surface area contributed by atoms with Crippen LogP contribution in [0.2, 0.25) is 0 Å². The second kappa shape index (κ2) is 10.1. The lowest BCUT2D eigenvalue weighted by Gasteiger charge is -2.27. The van der Waals surface area contributed by atoms with Crippen molar-refractivity contribution in [2.45, 2.75) is 12.5 Å². The van der Waals surface area contributed by atoms with Gasteiger partial charge in [-0.3, -0.25) is 9.59 Å². The number of benzene rings is 4. The van der Waals surface area contributed by atoms with E-state index in [1.165, 1.54) is 56.7 Å². The van der Waals surface area contributed by atoms with Crippen LogP contribution < -0.4 is 19.6 Å². The number of phenolic OH excluding ortho intramolecular Hbond substituents is 4. The van der Waals surface area contributed by atoms with E-state index in [-0.39, 0.29) is 68.6 Å². The molecule has 2 heterocycles. The van der Waals surface area contributed by atoms with Crippen molar-refractivity contribution in [2.75, 3.05) is 14.2 Å². The highest BCUT2D eigenvalue weighted by atomic mass is 16.5. The summed E-state index contributed by atoms with van der Waals surface area (Å²) in [5.41, 5.74) is 0.689. The summed E-state index contributed by atoms with van der Waals surface area (Å²) >= 11 is 0. The Bertz CT molecular complexity index is 1940. The number of hydrogen-bond donors (Lipinski definition) is 4. The first-order valence-corrected chi connectivity index (χ1v) is 12.8. The van der Waals surface area contributed by atoms with Crippen LogP contribution in [-0.2, 0) is 0 Å². The van der Waals surface area contributed by atoms with Crippen molar-refractivity contribution in [3.63, 3.8) is 0 Å². The molecule has 0 fully saturated rings. The van der Waals surface area contributed by atoms with Gasteiger partial charge in [-0.25, -0.2) is 0 Å². The Kier molecular flexibility index (Phi) is 6.38. The van der Waals surface area contributed by atoms with Gasteiger partial charge in [-0.15, -0.1) is 0 Å². The fourth-order valence-electron chi connectivity index (χ4n) is 5.16. The summed E-state index contributed by atoms with van der Waals surface area (Å²) in [5.74, 6) is -0.805. The van der Waals surface area contributed by atoms with E-state index < -0.39 is 23.1 Å². The van der Waals surface area contributed by atoms with E-state index >= 15 is 0 Å². The minimum absolute atomic E-state index is 0.00692. The van der Waals surface area contributed by atoms with Crippen LogP contribution in [0.5, 0.6) is 40.2 Å². The Labute approximate surface area is 238 Å². The number of fused-ring (bicyclic) bond motifs is 2. The van der Waals surface area contributed by atoms with Crippen molar-refractivity contribution in [3.05, 3.63) is 88.1 Å². The summed E-state index contributed by atoms with van der Waals surface area (Å²) in [6.45, 7) is 0. The summed E-state index contributed by atoms with van der Waals surface area (Å²) in [6.07, 6.45) is -0.757. The molecule has 6 rings (SSSR count). The largest absolute Gasteiger partial charge is 0.508 e. The molecule has 0 aliphatic carbocycles. The summed E-state index contributed by atoms with van der Waals surface area (Å²) in [7, 11) is 2.83. The zero-order valence-electron chi connectivity index (χ0n) is 22.4. The molecule has 1 aliphatic heterocycles. The van der Waals surface area contributed by atoms with Crippen molar-refractivity contribution in [1.82, 2.24) is 0 Å². The third kappa shape index (κ3) is 4.39. The van der Waals surface area contributed by atoms with Gasteiger partial charge in [0.1, 0.15) is 68.6 Å². The molecule has 212 valence electrons. The standard InChI is InChI=1S/C32H24O10/c1-39-18-10-20(34)30-22(36)12-26(42-27(30)11-18)16-5-8-24(40-2)19(9-16)29-21(35)14-28-31(32(29)38)23(37)13-25(41-28)15-3-6-17(33)7-4-15/h3-12,14,25,33-35,38H,13H2,1-2H3. The molecule has 4 N–H and O–H groups in total. The summed E-state index contributed by atoms with van der Waals surface area (Å²) in [4.78, 5) is 26.1. The molecule has 4 aromatic carbocycles. The first-order chi connectivity index (χ1) is 20.2. The van der Waals surface area contributed by atoms with Gasteiger partial charge < -0.3 is 39.1 Å². The minimum Gasteiger partial charge on any atom is -0.508 e. The molecule has 1 unspecified atom stereocenters. The molecule has 0 amide bonds. The average molecular weight is 569 g/mol. The van der Waals surface area contributed by atoms with Gasteiger partial charge >= 0.3 is 0 Å². The highest BCUT2D eigenvalue weighted by Gasteiger charge is 2.34. The highest BCUT2D eigenvalue weighted by molar-refractivity contribution is 6.06. The van der Waals surface area contributed by atoms with Gasteiger partial charge in [0, 0.05) is 35.4 Å². The lowest BCUT2D eigenvalue weighted by atomic mass is 9.91. The molecular formula is C32H24O10. The first kappa shape index (κ1) is 26.6. The molecule has 10 heteroatoms. The number of phenols is 4. The van der Waals surface area contributed by atoms with Crippen LogP contribution >= 0.6 is 0 Å². The zero-order valence-corrected chi connectivity index (χ0v) is 22.4. The SMILES string of the molecule is COc1cc(O)c2c(=O)cc(-c3ccc(OC)c(-c4c(O)cc5c(c4O)C(=O)CC(c4ccc(O)cc4)O5)c3)oc2c1. The molecule has 0 radical (unpaired) electrons. The number of ether oxygens (including phenoxy) is 3. The van der Waals surface area contributed by atoms with Crippen molar-refractivity contribution in [3.8, 4) is 62.7 Å². The third-order valence-corrected chi connectivity index (χ3v) is 7.20. The van der Waals surface area contributed by atoms with Crippen molar-refractivity contribution >= 4 is 16.8 Å². The van der Waals surface area contributed by atoms with Crippen molar-refractivity contribution in [1.29, 1.82) is 0 Å². The van der Waals surface area contributed by atoms with E-state index in [4.69, 9.17) is 18.6 Å². The second-order valence-corrected chi connectivity index (χ2v) is 9.73. The number of hydrogen-bond acceptors (Lipinski definition) is 10. The fourth-order valence-corrected chi connectivity index (χ4v) is 5.16. The van der Waals surface area contributed by atoms with Crippen LogP contribution in [-0.4, -0.2) is 40.4 Å². The summed E-state index contributed by atoms with van der Waals surface area (Å²) in [6, 6.07) is 16.2. The number of Topliss-reactive ketones (excluding diaryl/α,β-unsaturated/α-hetero) is 1. The van der Waals surface area contributed by atoms with Crippen molar-refractivity contribution in [2.24, 2.45) is 0 Å². The lowest BCUT2D eigenvalue weighted by Crippen LogP contribution is -2.20. The Hall–Kier alpha value is -5.64. The molecule has 10 nitrogen and oxygen atoms in total. The van der Waals surface area contributed by atoms with Gasteiger partial charge in [-0.1, -0.05) is 12.1 Å². The van der Waals surface area contributed by atoms with E-state index in [0.29, 0.717) is 16.9 Å². The maximum absolute atomic E-state index is 13.3. The normalized spacial score (nSPS) is 14.3. The first-order valence-electron chi connectivity index (χ1n) is 12.8. The van der Waals surface area contributed by atoms with Gasteiger partial charge in [0.2, 0.25) is 0 Å². The summed E-state index contributed by atoms with van der Waals surface area (Å²) < 4.78 is 22.6. The molecule has 0 saturated carbocycles. The van der Waals surface area contributed by atoms with Gasteiger partial charge in [0.15, 0.2) is 11.2 Å². The van der Waals surface area contributed by atoms with Crippen LogP contribution in [0.4, 0.5) is 0 Å². The Balaban J connectivity index is 1.47. The predicted octanol–water partition coefficient (Wildman–Crippen LogP) is 5.67. The average Bonchev–Trinajstić information content (AvgIpc) is 2.96. The number of ketones is 1. The van der Waals surface area contributed by atoms with Crippen LogP contribution in [0.15, 0.2) is 75.9 Å². The van der Waals surface area contributed by atoms with Crippen LogP contribution in [0, 0.1) is 0 Å². The van der Waals surface area contributed by atoms with Crippen molar-refractivity contribution < 1.29 is 43.8 Å². The predicted molar refractivity (Wildman–Crippen MR) is 152 cm³/mol. The Morgan fingerprint density at radius 2 is 1.57 bits per heavy atom. The maximum atomic E-state index is 13.3. The third-order valence-electron chi connectivity index (χ3n) is 7.20. The minimum atomic E-state index is -0.679. The Morgan fingerprint density at radius 3 is 2.29 bits per heavy atom. The zero-order chi connectivity index (χ0) is 29.7. The molecule has 0 bridgehead atoms. The molecule has 1 aromatic heterocycles. The highest BCUT2D eigenvalue weighted by Crippen LogP contribution is 2.51. The van der Waals surface area contributed by atoms with Crippen LogP contribution in [0.25, 0.3) is 33.4 Å². The van der Waals surface area contributed by atoms with E-state index in [2.05, 4.69) is 0 Å². The molecule has 1 aliphatic rings. The fraction of sp³-hybridized carbons (Fsp3) is 0.125. The van der Waals surface area contributed by atoms with Gasteiger partial charge in [-0.05, 0) is 35.9 Å².